The number of phenolic OH excluding ortho intramolecular Hbond substituents is 1. The Labute approximate surface area is 198 Å². The molecule has 3 aliphatic carbocycles. The van der Waals surface area contributed by atoms with E-state index in [1.54, 1.807) is 6.07 Å². The first-order valence-electron chi connectivity index (χ1n) is 12.3. The van der Waals surface area contributed by atoms with E-state index in [0.717, 1.165) is 34.9 Å². The van der Waals surface area contributed by atoms with Crippen LogP contribution in [0.2, 0.25) is 0 Å². The summed E-state index contributed by atoms with van der Waals surface area (Å²) in [4.78, 5) is 28.8. The molecule has 0 unspecified atom stereocenters. The first-order valence-corrected chi connectivity index (χ1v) is 12.3. The zero-order valence-corrected chi connectivity index (χ0v) is 19.2. The van der Waals surface area contributed by atoms with E-state index in [-0.39, 0.29) is 35.3 Å². The Balaban J connectivity index is 1.27. The van der Waals surface area contributed by atoms with Crippen molar-refractivity contribution in [2.75, 3.05) is 6.54 Å². The molecule has 2 saturated carbocycles. The van der Waals surface area contributed by atoms with E-state index in [9.17, 15) is 19.8 Å². The molecule has 176 valence electrons. The second-order valence-corrected chi connectivity index (χ2v) is 10.4. The molecule has 3 aromatic rings. The van der Waals surface area contributed by atoms with Gasteiger partial charge in [0, 0.05) is 42.1 Å². The molecule has 6 heteroatoms. The molecule has 2 fully saturated rings. The highest BCUT2D eigenvalue weighted by atomic mass is 16.3. The number of Topliss-reactive ketones (excluding diaryl/α,β-unsaturated/α-hetero) is 1. The first kappa shape index (κ1) is 21.4. The average molecular weight is 459 g/mol. The number of ketones is 1. The van der Waals surface area contributed by atoms with Crippen molar-refractivity contribution in [3.05, 3.63) is 64.8 Å². The van der Waals surface area contributed by atoms with Gasteiger partial charge in [0.1, 0.15) is 11.5 Å². The highest BCUT2D eigenvalue weighted by Crippen LogP contribution is 2.62. The van der Waals surface area contributed by atoms with Crippen molar-refractivity contribution in [1.29, 1.82) is 0 Å². The van der Waals surface area contributed by atoms with Gasteiger partial charge < -0.3 is 20.5 Å². The molecule has 2 bridgehead atoms. The number of aromatic amines is 1. The van der Waals surface area contributed by atoms with Gasteiger partial charge in [-0.05, 0) is 78.8 Å². The minimum absolute atomic E-state index is 0.0581. The van der Waals surface area contributed by atoms with Crippen LogP contribution in [0.3, 0.4) is 0 Å². The Kier molecular flexibility index (Phi) is 4.85. The summed E-state index contributed by atoms with van der Waals surface area (Å²) in [5.74, 6) is -0.162. The van der Waals surface area contributed by atoms with Gasteiger partial charge in [-0.3, -0.25) is 9.59 Å². The van der Waals surface area contributed by atoms with Crippen molar-refractivity contribution in [3.63, 3.8) is 0 Å². The number of hydrogen-bond acceptors (Lipinski definition) is 4. The Bertz CT molecular complexity index is 1310. The predicted molar refractivity (Wildman–Crippen MR) is 129 cm³/mol. The molecular weight excluding hydrogens is 428 g/mol. The summed E-state index contributed by atoms with van der Waals surface area (Å²) in [5.41, 5.74) is 2.26. The van der Waals surface area contributed by atoms with E-state index < -0.39 is 11.0 Å². The van der Waals surface area contributed by atoms with Gasteiger partial charge in [-0.25, -0.2) is 0 Å². The van der Waals surface area contributed by atoms with Gasteiger partial charge in [-0.2, -0.15) is 0 Å². The average Bonchev–Trinajstić information content (AvgIpc) is 3.27. The molecule has 3 aliphatic rings. The molecule has 0 aliphatic heterocycles. The molecule has 4 N–H and O–H groups in total. The summed E-state index contributed by atoms with van der Waals surface area (Å²) in [7, 11) is 0. The van der Waals surface area contributed by atoms with Crippen molar-refractivity contribution in [3.8, 4) is 5.75 Å². The number of carbonyl (C=O) groups excluding carboxylic acids is 2. The SMILES string of the molecule is O=C1CC[C@@]2(O)[C@@H]3CCC[C@@]2(C1)c1c(ccc(C(=O)NCCc2ccc4[nH]ccc4c2)c1O)C3. The highest BCUT2D eigenvalue weighted by molar-refractivity contribution is 5.98. The fourth-order valence-corrected chi connectivity index (χ4v) is 7.10. The number of benzene rings is 2. The van der Waals surface area contributed by atoms with Crippen molar-refractivity contribution >= 4 is 22.6 Å². The second kappa shape index (κ2) is 7.70. The number of fused-ring (bicyclic) bond motifs is 2. The number of aromatic hydroxyl groups is 1. The number of aromatic nitrogens is 1. The zero-order valence-electron chi connectivity index (χ0n) is 19.2. The molecule has 0 saturated heterocycles. The van der Waals surface area contributed by atoms with Crippen LogP contribution >= 0.6 is 0 Å². The zero-order chi connectivity index (χ0) is 23.5. The molecule has 6 nitrogen and oxygen atoms in total. The molecule has 1 heterocycles. The van der Waals surface area contributed by atoms with E-state index in [2.05, 4.69) is 16.4 Å². The third-order valence-electron chi connectivity index (χ3n) is 8.71. The smallest absolute Gasteiger partial charge is 0.255 e. The van der Waals surface area contributed by atoms with Crippen molar-refractivity contribution in [2.45, 2.75) is 62.4 Å². The fraction of sp³-hybridized carbons (Fsp3) is 0.429. The summed E-state index contributed by atoms with van der Waals surface area (Å²) in [6.07, 6.45) is 6.86. The Morgan fingerprint density at radius 2 is 2.06 bits per heavy atom. The Morgan fingerprint density at radius 3 is 2.94 bits per heavy atom. The van der Waals surface area contributed by atoms with Crippen LogP contribution in [0, 0.1) is 5.92 Å². The summed E-state index contributed by atoms with van der Waals surface area (Å²) in [6.45, 7) is 0.445. The number of rotatable bonds is 4. The minimum atomic E-state index is -0.990. The quantitative estimate of drug-likeness (QED) is 0.476. The van der Waals surface area contributed by atoms with Gasteiger partial charge in [-0.1, -0.05) is 18.6 Å². The minimum Gasteiger partial charge on any atom is -0.507 e. The van der Waals surface area contributed by atoms with Crippen LogP contribution < -0.4 is 5.32 Å². The molecular formula is C28H30N2O4. The molecule has 0 spiro atoms. The summed E-state index contributed by atoms with van der Waals surface area (Å²) in [6, 6.07) is 11.8. The van der Waals surface area contributed by atoms with Crippen LogP contribution in [0.25, 0.3) is 10.9 Å². The number of nitrogens with one attached hydrogen (secondary N) is 2. The maximum absolute atomic E-state index is 13.1. The van der Waals surface area contributed by atoms with E-state index in [1.807, 2.05) is 30.5 Å². The fourth-order valence-electron chi connectivity index (χ4n) is 7.10. The summed E-state index contributed by atoms with van der Waals surface area (Å²) in [5, 5.41) is 27.3. The van der Waals surface area contributed by atoms with E-state index in [1.165, 1.54) is 0 Å². The van der Waals surface area contributed by atoms with Crippen molar-refractivity contribution in [1.82, 2.24) is 10.3 Å². The predicted octanol–water partition coefficient (Wildman–Crippen LogP) is 3.92. The number of carbonyl (C=O) groups is 2. The normalized spacial score (nSPS) is 27.8. The summed E-state index contributed by atoms with van der Waals surface area (Å²) < 4.78 is 0. The van der Waals surface area contributed by atoms with Crippen LogP contribution in [0.5, 0.6) is 5.75 Å². The molecule has 34 heavy (non-hydrogen) atoms. The number of aliphatic hydroxyl groups is 1. The maximum atomic E-state index is 13.1. The molecule has 6 rings (SSSR count). The maximum Gasteiger partial charge on any atom is 0.255 e. The van der Waals surface area contributed by atoms with Gasteiger partial charge in [-0.15, -0.1) is 0 Å². The van der Waals surface area contributed by atoms with Crippen LogP contribution in [0.15, 0.2) is 42.6 Å². The van der Waals surface area contributed by atoms with E-state index in [0.29, 0.717) is 44.2 Å². The van der Waals surface area contributed by atoms with Gasteiger partial charge in [0.15, 0.2) is 0 Å². The van der Waals surface area contributed by atoms with Gasteiger partial charge >= 0.3 is 0 Å². The topological polar surface area (TPSA) is 102 Å². The third-order valence-corrected chi connectivity index (χ3v) is 8.71. The third kappa shape index (κ3) is 3.04. The van der Waals surface area contributed by atoms with Crippen LogP contribution in [0.1, 0.15) is 65.6 Å². The van der Waals surface area contributed by atoms with Crippen LogP contribution in [-0.2, 0) is 23.1 Å². The molecule has 2 aromatic carbocycles. The Hall–Kier alpha value is -3.12. The molecule has 3 atom stereocenters. The number of hydrogen-bond donors (Lipinski definition) is 4. The largest absolute Gasteiger partial charge is 0.507 e. The van der Waals surface area contributed by atoms with Gasteiger partial charge in [0.05, 0.1) is 11.2 Å². The lowest BCUT2D eigenvalue weighted by Gasteiger charge is -2.60. The lowest BCUT2D eigenvalue weighted by molar-refractivity contribution is -0.160. The lowest BCUT2D eigenvalue weighted by atomic mass is 9.46. The Morgan fingerprint density at radius 1 is 1.18 bits per heavy atom. The standard InChI is InChI=1S/C28H30N2O4/c31-21-7-11-28(34)20-2-1-10-27(28,16-21)24-19(15-20)4-5-22(25(24)32)26(33)30-12-8-17-3-6-23-18(14-17)9-13-29-23/h3-6,9,13-14,20,29,32,34H,1-2,7-8,10-12,15-16H2,(H,30,33)/t20-,27-,28-/m1/s1. The van der Waals surface area contributed by atoms with Crippen LogP contribution in [0.4, 0.5) is 0 Å². The van der Waals surface area contributed by atoms with E-state index >= 15 is 0 Å². The lowest BCUT2D eigenvalue weighted by Crippen LogP contribution is -2.64. The highest BCUT2D eigenvalue weighted by Gasteiger charge is 2.63. The van der Waals surface area contributed by atoms with Gasteiger partial charge in [0.25, 0.3) is 5.91 Å². The molecule has 1 aromatic heterocycles. The number of H-pyrrole nitrogens is 1. The first-order chi connectivity index (χ1) is 16.4. The van der Waals surface area contributed by atoms with Gasteiger partial charge in [0.2, 0.25) is 0 Å². The number of phenols is 1. The number of amides is 1. The van der Waals surface area contributed by atoms with E-state index in [4.69, 9.17) is 0 Å². The monoisotopic (exact) mass is 458 g/mol. The molecule has 1 amide bonds. The van der Waals surface area contributed by atoms with Crippen molar-refractivity contribution in [2.24, 2.45) is 5.92 Å². The summed E-state index contributed by atoms with van der Waals surface area (Å²) >= 11 is 0. The molecule has 0 radical (unpaired) electrons. The second-order valence-electron chi connectivity index (χ2n) is 10.4. The van der Waals surface area contributed by atoms with Crippen LogP contribution in [-0.4, -0.2) is 39.0 Å². The van der Waals surface area contributed by atoms with Crippen molar-refractivity contribution < 1.29 is 19.8 Å².